The van der Waals surface area contributed by atoms with Crippen LogP contribution in [0.2, 0.25) is 0 Å². The van der Waals surface area contributed by atoms with Gasteiger partial charge in [0.1, 0.15) is 0 Å². The van der Waals surface area contributed by atoms with Gasteiger partial charge in [0.25, 0.3) is 0 Å². The van der Waals surface area contributed by atoms with E-state index in [2.05, 4.69) is 30.7 Å². The third kappa shape index (κ3) is 3.75. The van der Waals surface area contributed by atoms with Crippen LogP contribution in [0.3, 0.4) is 0 Å². The van der Waals surface area contributed by atoms with Gasteiger partial charge in [-0.1, -0.05) is 6.07 Å². The van der Waals surface area contributed by atoms with Gasteiger partial charge in [-0.2, -0.15) is 15.0 Å². The number of hydrazine groups is 1. The van der Waals surface area contributed by atoms with Crippen LogP contribution in [0.1, 0.15) is 18.3 Å². The molecule has 0 fully saturated rings. The number of aryl methyl sites for hydroxylation is 1. The fraction of sp³-hybridized carbons (Fsp3) is 0.333. The number of pyridine rings is 1. The van der Waals surface area contributed by atoms with Crippen molar-refractivity contribution in [1.29, 1.82) is 0 Å². The zero-order valence-electron chi connectivity index (χ0n) is 11.4. The molecule has 8 heteroatoms. The van der Waals surface area contributed by atoms with Crippen LogP contribution in [0.25, 0.3) is 0 Å². The molecule has 2 aromatic heterocycles. The van der Waals surface area contributed by atoms with E-state index in [9.17, 15) is 0 Å². The third-order valence-electron chi connectivity index (χ3n) is 2.39. The minimum absolute atomic E-state index is 0.218. The van der Waals surface area contributed by atoms with E-state index in [1.54, 1.807) is 0 Å². The van der Waals surface area contributed by atoms with Gasteiger partial charge in [0.15, 0.2) is 0 Å². The van der Waals surface area contributed by atoms with E-state index in [0.717, 1.165) is 11.4 Å². The first-order chi connectivity index (χ1) is 9.71. The summed E-state index contributed by atoms with van der Waals surface area (Å²) in [6.45, 7) is 4.76. The number of aromatic nitrogens is 4. The molecule has 0 unspecified atom stereocenters. The first kappa shape index (κ1) is 13.9. The summed E-state index contributed by atoms with van der Waals surface area (Å²) in [5, 5.41) is 3.06. The van der Waals surface area contributed by atoms with Gasteiger partial charge in [-0.3, -0.25) is 10.4 Å². The Morgan fingerprint density at radius 2 is 1.95 bits per heavy atom. The van der Waals surface area contributed by atoms with E-state index in [0.29, 0.717) is 19.1 Å². The first-order valence-corrected chi connectivity index (χ1v) is 6.23. The van der Waals surface area contributed by atoms with Gasteiger partial charge < -0.3 is 10.1 Å². The van der Waals surface area contributed by atoms with E-state index >= 15 is 0 Å². The first-order valence-electron chi connectivity index (χ1n) is 6.23. The lowest BCUT2D eigenvalue weighted by atomic mass is 10.3. The summed E-state index contributed by atoms with van der Waals surface area (Å²) in [6.07, 6.45) is 0. The molecule has 0 aromatic carbocycles. The highest BCUT2D eigenvalue weighted by atomic mass is 16.5. The van der Waals surface area contributed by atoms with Gasteiger partial charge in [-0.05, 0) is 26.0 Å². The minimum atomic E-state index is 0.218. The molecule has 20 heavy (non-hydrogen) atoms. The Bertz CT molecular complexity index is 575. The molecule has 4 N–H and O–H groups in total. The maximum absolute atomic E-state index is 5.31. The summed E-state index contributed by atoms with van der Waals surface area (Å²) in [5.74, 6) is 5.93. The van der Waals surface area contributed by atoms with Crippen LogP contribution in [0.4, 0.5) is 11.9 Å². The van der Waals surface area contributed by atoms with E-state index in [4.69, 9.17) is 10.6 Å². The number of rotatable bonds is 6. The molecule has 0 saturated carbocycles. The highest BCUT2D eigenvalue weighted by molar-refractivity contribution is 5.35. The Kier molecular flexibility index (Phi) is 4.61. The predicted molar refractivity (Wildman–Crippen MR) is 75.1 cm³/mol. The Morgan fingerprint density at radius 1 is 1.15 bits per heavy atom. The predicted octanol–water partition coefficient (Wildman–Crippen LogP) is 0.871. The number of ether oxygens (including phenoxy) is 1. The molecule has 106 valence electrons. The molecule has 0 aliphatic heterocycles. The monoisotopic (exact) mass is 275 g/mol. The van der Waals surface area contributed by atoms with Crippen LogP contribution in [0, 0.1) is 6.92 Å². The van der Waals surface area contributed by atoms with Crippen LogP contribution < -0.4 is 21.3 Å². The van der Waals surface area contributed by atoms with Gasteiger partial charge in [0, 0.05) is 5.69 Å². The average molecular weight is 275 g/mol. The molecule has 0 radical (unpaired) electrons. The topological polar surface area (TPSA) is 111 Å². The highest BCUT2D eigenvalue weighted by Gasteiger charge is 2.06. The quantitative estimate of drug-likeness (QED) is 0.526. The second-order valence-corrected chi connectivity index (χ2v) is 3.97. The van der Waals surface area contributed by atoms with Crippen molar-refractivity contribution in [3.05, 3.63) is 29.6 Å². The molecule has 2 aromatic rings. The summed E-state index contributed by atoms with van der Waals surface area (Å²) in [6, 6.07) is 6.03. The van der Waals surface area contributed by atoms with Crippen molar-refractivity contribution >= 4 is 11.9 Å². The van der Waals surface area contributed by atoms with Crippen LogP contribution in [-0.4, -0.2) is 26.5 Å². The molecule has 0 saturated heterocycles. The van der Waals surface area contributed by atoms with Crippen LogP contribution >= 0.6 is 0 Å². The van der Waals surface area contributed by atoms with Gasteiger partial charge in [-0.15, -0.1) is 0 Å². The van der Waals surface area contributed by atoms with Crippen molar-refractivity contribution in [2.24, 2.45) is 5.84 Å². The minimum Gasteiger partial charge on any atom is -0.464 e. The third-order valence-corrected chi connectivity index (χ3v) is 2.39. The zero-order valence-corrected chi connectivity index (χ0v) is 11.4. The van der Waals surface area contributed by atoms with Crippen LogP contribution in [0.5, 0.6) is 6.01 Å². The lowest BCUT2D eigenvalue weighted by molar-refractivity contribution is 0.312. The normalized spacial score (nSPS) is 10.2. The largest absolute Gasteiger partial charge is 0.464 e. The van der Waals surface area contributed by atoms with Gasteiger partial charge in [0.2, 0.25) is 11.9 Å². The van der Waals surface area contributed by atoms with Crippen molar-refractivity contribution in [2.75, 3.05) is 17.3 Å². The van der Waals surface area contributed by atoms with E-state index < -0.39 is 0 Å². The second-order valence-electron chi connectivity index (χ2n) is 3.97. The summed E-state index contributed by atoms with van der Waals surface area (Å²) < 4.78 is 5.25. The molecule has 0 bridgehead atoms. The van der Waals surface area contributed by atoms with Gasteiger partial charge in [0.05, 0.1) is 18.8 Å². The van der Waals surface area contributed by atoms with Crippen molar-refractivity contribution in [3.8, 4) is 6.01 Å². The van der Waals surface area contributed by atoms with Crippen molar-refractivity contribution < 1.29 is 4.74 Å². The van der Waals surface area contributed by atoms with E-state index in [-0.39, 0.29) is 12.0 Å². The number of nitrogens with zero attached hydrogens (tertiary/aromatic N) is 4. The number of nitrogens with two attached hydrogens (primary N) is 1. The molecule has 0 amide bonds. The molecular formula is C12H17N7O. The number of hydrogen-bond donors (Lipinski definition) is 3. The number of anilines is 2. The van der Waals surface area contributed by atoms with Gasteiger partial charge >= 0.3 is 6.01 Å². The Balaban J connectivity index is 2.10. The smallest absolute Gasteiger partial charge is 0.323 e. The Hall–Kier alpha value is -2.48. The lowest BCUT2D eigenvalue weighted by Gasteiger charge is -2.08. The fourth-order valence-corrected chi connectivity index (χ4v) is 1.56. The van der Waals surface area contributed by atoms with Crippen molar-refractivity contribution in [3.63, 3.8) is 0 Å². The molecule has 2 heterocycles. The van der Waals surface area contributed by atoms with E-state index in [1.165, 1.54) is 0 Å². The standard InChI is InChI=1S/C12H17N7O/c1-3-20-12-17-10(16-11(18-12)19-13)14-7-9-6-4-5-8(2)15-9/h4-6H,3,7,13H2,1-2H3,(H2,14,16,17,18,19). The summed E-state index contributed by atoms with van der Waals surface area (Å²) in [5.41, 5.74) is 4.23. The Morgan fingerprint density at radius 3 is 2.65 bits per heavy atom. The molecule has 8 nitrogen and oxygen atoms in total. The summed E-state index contributed by atoms with van der Waals surface area (Å²) in [7, 11) is 0. The molecule has 0 spiro atoms. The average Bonchev–Trinajstić information content (AvgIpc) is 2.45. The molecule has 2 rings (SSSR count). The maximum atomic E-state index is 5.31. The molecule has 0 aliphatic rings. The molecular weight excluding hydrogens is 258 g/mol. The number of nitrogens with one attached hydrogen (secondary N) is 2. The number of nitrogen functional groups attached to an aromatic ring is 1. The Labute approximate surface area is 116 Å². The molecule has 0 aliphatic carbocycles. The fourth-order valence-electron chi connectivity index (χ4n) is 1.56. The summed E-state index contributed by atoms with van der Waals surface area (Å²) >= 11 is 0. The van der Waals surface area contributed by atoms with Crippen molar-refractivity contribution in [1.82, 2.24) is 19.9 Å². The van der Waals surface area contributed by atoms with Crippen LogP contribution in [-0.2, 0) is 6.54 Å². The van der Waals surface area contributed by atoms with E-state index in [1.807, 2.05) is 32.0 Å². The highest BCUT2D eigenvalue weighted by Crippen LogP contribution is 2.11. The van der Waals surface area contributed by atoms with Gasteiger partial charge in [-0.25, -0.2) is 5.84 Å². The zero-order chi connectivity index (χ0) is 14.4. The summed E-state index contributed by atoms with van der Waals surface area (Å²) in [4.78, 5) is 16.6. The van der Waals surface area contributed by atoms with Crippen LogP contribution in [0.15, 0.2) is 18.2 Å². The second kappa shape index (κ2) is 6.62. The molecule has 0 atom stereocenters. The number of hydrogen-bond acceptors (Lipinski definition) is 8. The SMILES string of the molecule is CCOc1nc(NN)nc(NCc2cccc(C)n2)n1. The maximum Gasteiger partial charge on any atom is 0.323 e. The van der Waals surface area contributed by atoms with Crippen molar-refractivity contribution in [2.45, 2.75) is 20.4 Å². The lowest BCUT2D eigenvalue weighted by Crippen LogP contribution is -2.14.